The lowest BCUT2D eigenvalue weighted by Gasteiger charge is -2.05. The number of hydrogen-bond donors (Lipinski definition) is 1. The Bertz CT molecular complexity index is 585. The van der Waals surface area contributed by atoms with Crippen molar-refractivity contribution >= 4 is 12.0 Å². The van der Waals surface area contributed by atoms with Crippen LogP contribution >= 0.6 is 0 Å². The van der Waals surface area contributed by atoms with Crippen LogP contribution in [0.15, 0.2) is 42.7 Å². The zero-order valence-electron chi connectivity index (χ0n) is 10.1. The van der Waals surface area contributed by atoms with Gasteiger partial charge in [-0.1, -0.05) is 24.3 Å². The Morgan fingerprint density at radius 1 is 1.44 bits per heavy atom. The summed E-state index contributed by atoms with van der Waals surface area (Å²) in [7, 11) is 0. The molecule has 0 saturated carbocycles. The van der Waals surface area contributed by atoms with Crippen molar-refractivity contribution in [1.82, 2.24) is 9.78 Å². The first-order valence-corrected chi connectivity index (χ1v) is 5.63. The molecule has 92 valence electrons. The van der Waals surface area contributed by atoms with Gasteiger partial charge in [-0.3, -0.25) is 4.68 Å². The quantitative estimate of drug-likeness (QED) is 0.837. The summed E-state index contributed by atoms with van der Waals surface area (Å²) in [6.07, 6.45) is 6.51. The highest BCUT2D eigenvalue weighted by molar-refractivity contribution is 5.85. The van der Waals surface area contributed by atoms with Crippen molar-refractivity contribution in [2.75, 3.05) is 0 Å². The summed E-state index contributed by atoms with van der Waals surface area (Å²) >= 11 is 0. The van der Waals surface area contributed by atoms with Gasteiger partial charge >= 0.3 is 5.97 Å². The molecule has 0 unspecified atom stereocenters. The zero-order valence-corrected chi connectivity index (χ0v) is 10.1. The van der Waals surface area contributed by atoms with Crippen molar-refractivity contribution in [3.05, 3.63) is 59.4 Å². The second-order valence-corrected chi connectivity index (χ2v) is 4.09. The molecule has 2 rings (SSSR count). The van der Waals surface area contributed by atoms with Gasteiger partial charge in [0.25, 0.3) is 0 Å². The Morgan fingerprint density at radius 3 is 2.89 bits per heavy atom. The van der Waals surface area contributed by atoms with E-state index in [1.54, 1.807) is 12.3 Å². The number of aryl methyl sites for hydroxylation is 1. The number of rotatable bonds is 4. The molecule has 0 aliphatic carbocycles. The van der Waals surface area contributed by atoms with E-state index in [2.05, 4.69) is 5.10 Å². The number of benzene rings is 1. The third kappa shape index (κ3) is 3.07. The number of aromatic nitrogens is 2. The molecule has 1 N–H and O–H groups in total. The maximum Gasteiger partial charge on any atom is 0.328 e. The standard InChI is InChI=1S/C14H14N2O2/c1-11-8-15-16(9-11)10-13-5-3-2-4-12(13)6-7-14(17)18/h2-9H,10H2,1H3,(H,17,18)/b7-6+. The van der Waals surface area contributed by atoms with Crippen LogP contribution in [0, 0.1) is 6.92 Å². The normalized spacial score (nSPS) is 10.9. The predicted molar refractivity (Wildman–Crippen MR) is 69.2 cm³/mol. The van der Waals surface area contributed by atoms with Gasteiger partial charge in [0.05, 0.1) is 12.7 Å². The summed E-state index contributed by atoms with van der Waals surface area (Å²) < 4.78 is 1.84. The van der Waals surface area contributed by atoms with Crippen molar-refractivity contribution < 1.29 is 9.90 Å². The first kappa shape index (κ1) is 12.1. The van der Waals surface area contributed by atoms with Crippen LogP contribution in [0.1, 0.15) is 16.7 Å². The summed E-state index contributed by atoms with van der Waals surface area (Å²) in [4.78, 5) is 10.5. The van der Waals surface area contributed by atoms with Crippen LogP contribution in [0.3, 0.4) is 0 Å². The van der Waals surface area contributed by atoms with Gasteiger partial charge < -0.3 is 5.11 Å². The Labute approximate surface area is 105 Å². The van der Waals surface area contributed by atoms with Gasteiger partial charge in [-0.25, -0.2) is 4.79 Å². The molecule has 4 heteroatoms. The molecule has 2 aromatic rings. The molecule has 1 heterocycles. The van der Waals surface area contributed by atoms with Crippen LogP contribution in [-0.2, 0) is 11.3 Å². The van der Waals surface area contributed by atoms with Crippen LogP contribution in [-0.4, -0.2) is 20.9 Å². The largest absolute Gasteiger partial charge is 0.478 e. The van der Waals surface area contributed by atoms with Crippen molar-refractivity contribution in [3.63, 3.8) is 0 Å². The van der Waals surface area contributed by atoms with E-state index in [9.17, 15) is 4.79 Å². The highest BCUT2D eigenvalue weighted by atomic mass is 16.4. The van der Waals surface area contributed by atoms with Gasteiger partial charge in [0.2, 0.25) is 0 Å². The van der Waals surface area contributed by atoms with Crippen molar-refractivity contribution in [2.45, 2.75) is 13.5 Å². The Balaban J connectivity index is 2.24. The van der Waals surface area contributed by atoms with Gasteiger partial charge in [-0.2, -0.15) is 5.10 Å². The van der Waals surface area contributed by atoms with Gasteiger partial charge in [-0.05, 0) is 29.7 Å². The minimum absolute atomic E-state index is 0.633. The number of hydrogen-bond acceptors (Lipinski definition) is 2. The first-order chi connectivity index (χ1) is 8.65. The van der Waals surface area contributed by atoms with E-state index < -0.39 is 5.97 Å². The summed E-state index contributed by atoms with van der Waals surface area (Å²) in [5, 5.41) is 12.9. The van der Waals surface area contributed by atoms with Crippen LogP contribution < -0.4 is 0 Å². The molecule has 0 aliphatic heterocycles. The fraction of sp³-hybridized carbons (Fsp3) is 0.143. The van der Waals surface area contributed by atoms with Crippen molar-refractivity contribution in [2.24, 2.45) is 0 Å². The Kier molecular flexibility index (Phi) is 3.57. The Hall–Kier alpha value is -2.36. The molecule has 0 fully saturated rings. The van der Waals surface area contributed by atoms with Crippen LogP contribution in [0.25, 0.3) is 6.08 Å². The summed E-state index contributed by atoms with van der Waals surface area (Å²) in [6, 6.07) is 7.69. The summed E-state index contributed by atoms with van der Waals surface area (Å²) in [5.74, 6) is -0.945. The second kappa shape index (κ2) is 5.31. The van der Waals surface area contributed by atoms with Crippen LogP contribution in [0.5, 0.6) is 0 Å². The number of carboxylic acids is 1. The lowest BCUT2D eigenvalue weighted by Crippen LogP contribution is -2.01. The zero-order chi connectivity index (χ0) is 13.0. The molecule has 0 radical (unpaired) electrons. The highest BCUT2D eigenvalue weighted by Crippen LogP contribution is 2.12. The minimum Gasteiger partial charge on any atom is -0.478 e. The molecule has 4 nitrogen and oxygen atoms in total. The Morgan fingerprint density at radius 2 is 2.22 bits per heavy atom. The molecular formula is C14H14N2O2. The number of carbonyl (C=O) groups is 1. The van der Waals surface area contributed by atoms with E-state index >= 15 is 0 Å². The van der Waals surface area contributed by atoms with E-state index in [0.29, 0.717) is 6.54 Å². The monoisotopic (exact) mass is 242 g/mol. The SMILES string of the molecule is Cc1cnn(Cc2ccccc2/C=C/C(=O)O)c1. The smallest absolute Gasteiger partial charge is 0.328 e. The molecule has 0 bridgehead atoms. The lowest BCUT2D eigenvalue weighted by atomic mass is 10.1. The molecule has 0 saturated heterocycles. The molecule has 0 aliphatic rings. The molecular weight excluding hydrogens is 228 g/mol. The van der Waals surface area contributed by atoms with E-state index in [1.807, 2.05) is 42.1 Å². The van der Waals surface area contributed by atoms with Crippen LogP contribution in [0.4, 0.5) is 0 Å². The minimum atomic E-state index is -0.945. The molecule has 1 aromatic heterocycles. The maximum absolute atomic E-state index is 10.5. The topological polar surface area (TPSA) is 55.1 Å². The van der Waals surface area contributed by atoms with Crippen molar-refractivity contribution in [1.29, 1.82) is 0 Å². The fourth-order valence-electron chi connectivity index (χ4n) is 1.73. The average molecular weight is 242 g/mol. The van der Waals surface area contributed by atoms with E-state index in [4.69, 9.17) is 5.11 Å². The summed E-state index contributed by atoms with van der Waals surface area (Å²) in [6.45, 7) is 2.62. The van der Waals surface area contributed by atoms with E-state index in [0.717, 1.165) is 22.8 Å². The molecule has 1 aromatic carbocycles. The third-order valence-corrected chi connectivity index (χ3v) is 2.56. The van der Waals surface area contributed by atoms with Gasteiger partial charge in [0.1, 0.15) is 0 Å². The predicted octanol–water partition coefficient (Wildman–Crippen LogP) is 2.34. The summed E-state index contributed by atoms with van der Waals surface area (Å²) in [5.41, 5.74) is 3.04. The van der Waals surface area contributed by atoms with Gasteiger partial charge in [-0.15, -0.1) is 0 Å². The van der Waals surface area contributed by atoms with E-state index in [-0.39, 0.29) is 0 Å². The molecule has 0 amide bonds. The maximum atomic E-state index is 10.5. The highest BCUT2D eigenvalue weighted by Gasteiger charge is 2.01. The second-order valence-electron chi connectivity index (χ2n) is 4.09. The molecule has 0 spiro atoms. The number of carboxylic acid groups (broad SMARTS) is 1. The third-order valence-electron chi connectivity index (χ3n) is 2.56. The van der Waals surface area contributed by atoms with E-state index in [1.165, 1.54) is 0 Å². The molecule has 18 heavy (non-hydrogen) atoms. The first-order valence-electron chi connectivity index (χ1n) is 5.63. The van der Waals surface area contributed by atoms with Gasteiger partial charge in [0.15, 0.2) is 0 Å². The average Bonchev–Trinajstić information content (AvgIpc) is 2.73. The van der Waals surface area contributed by atoms with Crippen molar-refractivity contribution in [3.8, 4) is 0 Å². The van der Waals surface area contributed by atoms with Gasteiger partial charge in [0, 0.05) is 12.3 Å². The lowest BCUT2D eigenvalue weighted by molar-refractivity contribution is -0.131. The fourth-order valence-corrected chi connectivity index (χ4v) is 1.73. The number of aliphatic carboxylic acids is 1. The molecule has 0 atom stereocenters. The number of nitrogens with zero attached hydrogens (tertiary/aromatic N) is 2. The van der Waals surface area contributed by atoms with Crippen LogP contribution in [0.2, 0.25) is 0 Å².